The summed E-state index contributed by atoms with van der Waals surface area (Å²) in [5.41, 5.74) is 1.40. The molecule has 0 bridgehead atoms. The number of rotatable bonds is 7. The van der Waals surface area contributed by atoms with Gasteiger partial charge in [-0.25, -0.2) is 4.79 Å². The van der Waals surface area contributed by atoms with E-state index in [-0.39, 0.29) is 13.4 Å². The minimum Gasteiger partial charge on any atom is -0.468 e. The third-order valence-electron chi connectivity index (χ3n) is 4.01. The van der Waals surface area contributed by atoms with Crippen LogP contribution in [0.5, 0.6) is 5.75 Å². The molecule has 0 spiro atoms. The zero-order chi connectivity index (χ0) is 19.2. The fourth-order valence-electron chi connectivity index (χ4n) is 2.82. The van der Waals surface area contributed by atoms with Crippen molar-refractivity contribution in [3.05, 3.63) is 29.3 Å². The van der Waals surface area contributed by atoms with Crippen molar-refractivity contribution in [3.63, 3.8) is 0 Å². The molecule has 0 saturated carbocycles. The fraction of sp³-hybridized carbons (Fsp3) is 0.632. The van der Waals surface area contributed by atoms with Crippen molar-refractivity contribution in [3.8, 4) is 5.75 Å². The van der Waals surface area contributed by atoms with Crippen molar-refractivity contribution >= 4 is 6.09 Å². The standard InChI is InChI=1S/C19H29NO6/c1-19(2,3)26-18(22)20-8-7-14-11-15(25-13-24-10-9-23-4)5-6-16(14)17(20)12-21/h5-6,11,17,21H,7-10,12-13H2,1-4H3. The number of carbonyl (C=O) groups is 1. The van der Waals surface area contributed by atoms with Crippen LogP contribution >= 0.6 is 0 Å². The Labute approximate surface area is 154 Å². The second-order valence-corrected chi connectivity index (χ2v) is 7.15. The molecule has 1 atom stereocenters. The van der Waals surface area contributed by atoms with Crippen LogP contribution in [0.2, 0.25) is 0 Å². The Hall–Kier alpha value is -1.83. The molecule has 1 aromatic rings. The van der Waals surface area contributed by atoms with Crippen molar-refractivity contribution < 1.29 is 28.8 Å². The molecule has 1 N–H and O–H groups in total. The highest BCUT2D eigenvalue weighted by atomic mass is 16.7. The first-order valence-electron chi connectivity index (χ1n) is 8.78. The van der Waals surface area contributed by atoms with Crippen LogP contribution in [-0.2, 0) is 20.6 Å². The molecule has 1 aromatic carbocycles. The molecular formula is C19H29NO6. The highest BCUT2D eigenvalue weighted by molar-refractivity contribution is 5.69. The van der Waals surface area contributed by atoms with Crippen LogP contribution in [0.1, 0.15) is 37.9 Å². The van der Waals surface area contributed by atoms with Crippen molar-refractivity contribution in [2.24, 2.45) is 0 Å². The van der Waals surface area contributed by atoms with Crippen LogP contribution in [0.3, 0.4) is 0 Å². The SMILES string of the molecule is COCCOCOc1ccc2c(c1)CCN(C(=O)OC(C)(C)C)C2CO. The molecule has 1 amide bonds. The van der Waals surface area contributed by atoms with E-state index in [0.717, 1.165) is 11.1 Å². The minimum absolute atomic E-state index is 0.148. The van der Waals surface area contributed by atoms with Crippen molar-refractivity contribution in [1.82, 2.24) is 4.90 Å². The lowest BCUT2D eigenvalue weighted by atomic mass is 9.93. The Kier molecular flexibility index (Phi) is 7.25. The molecule has 0 aromatic heterocycles. The average molecular weight is 367 g/mol. The molecule has 2 rings (SSSR count). The molecule has 0 saturated heterocycles. The lowest BCUT2D eigenvalue weighted by Gasteiger charge is -2.37. The van der Waals surface area contributed by atoms with E-state index in [2.05, 4.69) is 0 Å². The first kappa shape index (κ1) is 20.5. The van der Waals surface area contributed by atoms with E-state index in [1.807, 2.05) is 39.0 Å². The second kappa shape index (κ2) is 9.21. The van der Waals surface area contributed by atoms with E-state index in [4.69, 9.17) is 18.9 Å². The minimum atomic E-state index is -0.572. The summed E-state index contributed by atoms with van der Waals surface area (Å²) in [6, 6.07) is 5.22. The van der Waals surface area contributed by atoms with Crippen LogP contribution < -0.4 is 4.74 Å². The van der Waals surface area contributed by atoms with Crippen LogP contribution in [-0.4, -0.2) is 62.0 Å². The Morgan fingerprint density at radius 2 is 2.08 bits per heavy atom. The highest BCUT2D eigenvalue weighted by Gasteiger charge is 2.33. The number of ether oxygens (including phenoxy) is 4. The maximum Gasteiger partial charge on any atom is 0.410 e. The van der Waals surface area contributed by atoms with E-state index in [1.165, 1.54) is 0 Å². The summed E-state index contributed by atoms with van der Waals surface area (Å²) in [5, 5.41) is 9.84. The molecule has 1 aliphatic rings. The lowest BCUT2D eigenvalue weighted by molar-refractivity contribution is -0.00860. The molecule has 7 nitrogen and oxygen atoms in total. The normalized spacial score (nSPS) is 17.0. The number of carbonyl (C=O) groups excluding carboxylic acids is 1. The van der Waals surface area contributed by atoms with Gasteiger partial charge >= 0.3 is 6.09 Å². The maximum atomic E-state index is 12.4. The zero-order valence-electron chi connectivity index (χ0n) is 16.0. The number of aliphatic hydroxyl groups excluding tert-OH is 1. The predicted molar refractivity (Wildman–Crippen MR) is 96.2 cm³/mol. The summed E-state index contributed by atoms with van der Waals surface area (Å²) in [6.45, 7) is 6.95. The summed E-state index contributed by atoms with van der Waals surface area (Å²) in [6.07, 6.45) is 0.265. The van der Waals surface area contributed by atoms with E-state index in [9.17, 15) is 9.90 Å². The van der Waals surface area contributed by atoms with Gasteiger partial charge in [0.05, 0.1) is 25.9 Å². The van der Waals surface area contributed by atoms with Gasteiger partial charge in [0.1, 0.15) is 11.4 Å². The Morgan fingerprint density at radius 3 is 2.73 bits per heavy atom. The van der Waals surface area contributed by atoms with Gasteiger partial charge in [-0.2, -0.15) is 0 Å². The number of hydrogen-bond acceptors (Lipinski definition) is 6. The second-order valence-electron chi connectivity index (χ2n) is 7.15. The largest absolute Gasteiger partial charge is 0.468 e. The number of benzene rings is 1. The molecule has 7 heteroatoms. The Morgan fingerprint density at radius 1 is 1.31 bits per heavy atom. The summed E-state index contributed by atoms with van der Waals surface area (Å²) in [7, 11) is 1.62. The van der Waals surface area contributed by atoms with Gasteiger partial charge in [0.15, 0.2) is 6.79 Å². The Balaban J connectivity index is 2.04. The van der Waals surface area contributed by atoms with Gasteiger partial charge in [-0.15, -0.1) is 0 Å². The number of hydrogen-bond donors (Lipinski definition) is 1. The van der Waals surface area contributed by atoms with E-state index in [0.29, 0.717) is 31.9 Å². The van der Waals surface area contributed by atoms with Crippen LogP contribution in [0.25, 0.3) is 0 Å². The number of aliphatic hydroxyl groups is 1. The van der Waals surface area contributed by atoms with Crippen LogP contribution in [0.4, 0.5) is 4.79 Å². The number of fused-ring (bicyclic) bond motifs is 1. The average Bonchev–Trinajstić information content (AvgIpc) is 2.58. The van der Waals surface area contributed by atoms with Gasteiger partial charge in [-0.05, 0) is 50.5 Å². The quantitative estimate of drug-likeness (QED) is 0.589. The van der Waals surface area contributed by atoms with E-state index >= 15 is 0 Å². The lowest BCUT2D eigenvalue weighted by Crippen LogP contribution is -2.44. The van der Waals surface area contributed by atoms with E-state index < -0.39 is 17.7 Å². The first-order chi connectivity index (χ1) is 12.4. The molecule has 0 fully saturated rings. The van der Waals surface area contributed by atoms with Gasteiger partial charge in [-0.3, -0.25) is 4.90 Å². The first-order valence-corrected chi connectivity index (χ1v) is 8.78. The van der Waals surface area contributed by atoms with Gasteiger partial charge < -0.3 is 24.1 Å². The fourth-order valence-corrected chi connectivity index (χ4v) is 2.82. The molecule has 0 aliphatic carbocycles. The molecule has 1 aliphatic heterocycles. The smallest absolute Gasteiger partial charge is 0.410 e. The highest BCUT2D eigenvalue weighted by Crippen LogP contribution is 2.33. The molecule has 0 radical (unpaired) electrons. The Bertz CT molecular complexity index is 598. The van der Waals surface area contributed by atoms with Crippen molar-refractivity contribution in [2.75, 3.05) is 40.3 Å². The van der Waals surface area contributed by atoms with Gasteiger partial charge in [0.2, 0.25) is 0 Å². The molecule has 1 unspecified atom stereocenters. The summed E-state index contributed by atoms with van der Waals surface area (Å²) >= 11 is 0. The number of methoxy groups -OCH3 is 1. The van der Waals surface area contributed by atoms with Gasteiger partial charge in [-0.1, -0.05) is 6.07 Å². The van der Waals surface area contributed by atoms with Gasteiger partial charge in [0, 0.05) is 13.7 Å². The summed E-state index contributed by atoms with van der Waals surface area (Å²) in [4.78, 5) is 14.0. The van der Waals surface area contributed by atoms with E-state index in [1.54, 1.807) is 12.0 Å². The zero-order valence-corrected chi connectivity index (χ0v) is 16.0. The molecule has 26 heavy (non-hydrogen) atoms. The van der Waals surface area contributed by atoms with Crippen LogP contribution in [0, 0.1) is 0 Å². The molecular weight excluding hydrogens is 338 g/mol. The third-order valence-corrected chi connectivity index (χ3v) is 4.01. The molecule has 1 heterocycles. The molecule has 146 valence electrons. The monoisotopic (exact) mass is 367 g/mol. The van der Waals surface area contributed by atoms with Crippen LogP contribution in [0.15, 0.2) is 18.2 Å². The van der Waals surface area contributed by atoms with Gasteiger partial charge in [0.25, 0.3) is 0 Å². The number of amides is 1. The third kappa shape index (κ3) is 5.59. The predicted octanol–water partition coefficient (Wildman–Crippen LogP) is 2.51. The summed E-state index contributed by atoms with van der Waals surface area (Å²) in [5.74, 6) is 0.698. The maximum absolute atomic E-state index is 12.4. The van der Waals surface area contributed by atoms with Crippen molar-refractivity contribution in [2.45, 2.75) is 38.8 Å². The summed E-state index contributed by atoms with van der Waals surface area (Å²) < 4.78 is 21.2. The van der Waals surface area contributed by atoms with Crippen molar-refractivity contribution in [1.29, 1.82) is 0 Å². The topological polar surface area (TPSA) is 77.5 Å². The number of nitrogens with zero attached hydrogens (tertiary/aromatic N) is 1.